The maximum atomic E-state index is 10.7. The average Bonchev–Trinajstić information content (AvgIpc) is 2.64. The van der Waals surface area contributed by atoms with Crippen molar-refractivity contribution in [1.29, 1.82) is 0 Å². The summed E-state index contributed by atoms with van der Waals surface area (Å²) in [5, 5.41) is 15.2. The van der Waals surface area contributed by atoms with Crippen LogP contribution in [0.15, 0.2) is 96.1 Å². The van der Waals surface area contributed by atoms with Gasteiger partial charge in [-0.1, -0.05) is 78.9 Å². The number of anilines is 1. The summed E-state index contributed by atoms with van der Waals surface area (Å²) in [5.41, 5.74) is 6.17. The first kappa shape index (κ1) is 15.0. The second-order valence-corrected chi connectivity index (χ2v) is 5.15. The van der Waals surface area contributed by atoms with Gasteiger partial charge in [-0.05, 0) is 17.7 Å². The van der Waals surface area contributed by atoms with Crippen molar-refractivity contribution in [2.24, 2.45) is 5.10 Å². The molecule has 3 heteroatoms. The van der Waals surface area contributed by atoms with E-state index in [-0.39, 0.29) is 0 Å². The minimum Gasteiger partial charge on any atom is -0.382 e. The smallest absolute Gasteiger partial charge is 0.123 e. The van der Waals surface area contributed by atoms with E-state index in [0.29, 0.717) is 5.71 Å². The Kier molecular flexibility index (Phi) is 4.82. The molecule has 1 unspecified atom stereocenters. The van der Waals surface area contributed by atoms with E-state index in [9.17, 15) is 5.11 Å². The Balaban J connectivity index is 1.94. The second-order valence-electron chi connectivity index (χ2n) is 5.15. The van der Waals surface area contributed by atoms with E-state index in [2.05, 4.69) is 10.5 Å². The highest BCUT2D eigenvalue weighted by Gasteiger charge is 2.17. The van der Waals surface area contributed by atoms with Crippen molar-refractivity contribution in [1.82, 2.24) is 0 Å². The Bertz CT molecular complexity index is 755. The Morgan fingerprint density at radius 1 is 0.739 bits per heavy atom. The first-order chi connectivity index (χ1) is 11.3. The summed E-state index contributed by atoms with van der Waals surface area (Å²) in [6, 6.07) is 28.9. The van der Waals surface area contributed by atoms with Crippen LogP contribution in [0.4, 0.5) is 5.69 Å². The van der Waals surface area contributed by atoms with Crippen LogP contribution in [0.5, 0.6) is 0 Å². The van der Waals surface area contributed by atoms with Crippen molar-refractivity contribution in [3.8, 4) is 0 Å². The van der Waals surface area contributed by atoms with Gasteiger partial charge in [0, 0.05) is 5.56 Å². The molecule has 0 amide bonds. The van der Waals surface area contributed by atoms with E-state index >= 15 is 0 Å². The van der Waals surface area contributed by atoms with Gasteiger partial charge in [-0.3, -0.25) is 5.43 Å². The highest BCUT2D eigenvalue weighted by Crippen LogP contribution is 2.19. The molecular formula is C20H18N2O. The van der Waals surface area contributed by atoms with Gasteiger partial charge >= 0.3 is 0 Å². The van der Waals surface area contributed by atoms with Crippen LogP contribution in [0.3, 0.4) is 0 Å². The number of benzene rings is 3. The molecule has 0 saturated carbocycles. The minimum atomic E-state index is -0.796. The van der Waals surface area contributed by atoms with Gasteiger partial charge in [0.15, 0.2) is 0 Å². The maximum Gasteiger partial charge on any atom is 0.123 e. The molecule has 0 aliphatic rings. The van der Waals surface area contributed by atoms with Crippen LogP contribution >= 0.6 is 0 Å². The number of para-hydroxylation sites is 1. The normalized spacial score (nSPS) is 12.7. The fourth-order valence-electron chi connectivity index (χ4n) is 2.32. The van der Waals surface area contributed by atoms with Crippen molar-refractivity contribution in [2.75, 3.05) is 5.43 Å². The van der Waals surface area contributed by atoms with E-state index in [1.165, 1.54) is 0 Å². The van der Waals surface area contributed by atoms with Crippen molar-refractivity contribution >= 4 is 11.4 Å². The zero-order chi connectivity index (χ0) is 15.9. The van der Waals surface area contributed by atoms with Crippen LogP contribution in [-0.2, 0) is 0 Å². The molecule has 23 heavy (non-hydrogen) atoms. The fourth-order valence-corrected chi connectivity index (χ4v) is 2.32. The van der Waals surface area contributed by atoms with Gasteiger partial charge in [-0.2, -0.15) is 5.10 Å². The number of hydrogen-bond acceptors (Lipinski definition) is 3. The van der Waals surface area contributed by atoms with E-state index in [1.54, 1.807) is 0 Å². The molecule has 0 aromatic heterocycles. The zero-order valence-corrected chi connectivity index (χ0v) is 12.6. The summed E-state index contributed by atoms with van der Waals surface area (Å²) in [7, 11) is 0. The van der Waals surface area contributed by atoms with Crippen LogP contribution in [0, 0.1) is 0 Å². The summed E-state index contributed by atoms with van der Waals surface area (Å²) >= 11 is 0. The van der Waals surface area contributed by atoms with Gasteiger partial charge in [-0.25, -0.2) is 0 Å². The molecule has 1 atom stereocenters. The number of hydrogen-bond donors (Lipinski definition) is 2. The number of aliphatic hydroxyl groups is 1. The summed E-state index contributed by atoms with van der Waals surface area (Å²) in [5.74, 6) is 0. The Hall–Kier alpha value is -2.91. The molecule has 3 aromatic carbocycles. The van der Waals surface area contributed by atoms with E-state index < -0.39 is 6.10 Å². The highest BCUT2D eigenvalue weighted by atomic mass is 16.3. The van der Waals surface area contributed by atoms with Crippen LogP contribution < -0.4 is 5.43 Å². The molecule has 3 nitrogen and oxygen atoms in total. The Morgan fingerprint density at radius 2 is 1.26 bits per heavy atom. The molecule has 114 valence electrons. The first-order valence-electron chi connectivity index (χ1n) is 7.51. The van der Waals surface area contributed by atoms with Crippen molar-refractivity contribution in [3.63, 3.8) is 0 Å². The molecule has 0 saturated heterocycles. The lowest BCUT2D eigenvalue weighted by Crippen LogP contribution is -2.15. The molecule has 0 radical (unpaired) electrons. The summed E-state index contributed by atoms with van der Waals surface area (Å²) < 4.78 is 0. The molecule has 3 rings (SSSR count). The van der Waals surface area contributed by atoms with Gasteiger partial charge in [0.1, 0.15) is 11.8 Å². The van der Waals surface area contributed by atoms with Gasteiger partial charge in [-0.15, -0.1) is 0 Å². The Morgan fingerprint density at radius 3 is 1.87 bits per heavy atom. The lowest BCUT2D eigenvalue weighted by Gasteiger charge is -2.15. The van der Waals surface area contributed by atoms with Gasteiger partial charge in [0.2, 0.25) is 0 Å². The standard InChI is InChI=1S/C20H18N2O/c23-20(17-12-6-2-7-13-17)19(16-10-4-1-5-11-16)22-21-18-14-8-3-9-15-18/h1-15,20-21,23H. The number of aliphatic hydroxyl groups excluding tert-OH is 1. The molecule has 3 aromatic rings. The predicted octanol–water partition coefficient (Wildman–Crippen LogP) is 4.24. The molecule has 0 heterocycles. The summed E-state index contributed by atoms with van der Waals surface area (Å²) in [6.07, 6.45) is -0.796. The second kappa shape index (κ2) is 7.38. The third kappa shape index (κ3) is 3.84. The van der Waals surface area contributed by atoms with Crippen LogP contribution in [0.25, 0.3) is 0 Å². The lowest BCUT2D eigenvalue weighted by molar-refractivity contribution is 0.248. The third-order valence-corrected chi connectivity index (χ3v) is 3.52. The monoisotopic (exact) mass is 302 g/mol. The molecule has 0 fully saturated rings. The maximum absolute atomic E-state index is 10.7. The summed E-state index contributed by atoms with van der Waals surface area (Å²) in [6.45, 7) is 0. The number of rotatable bonds is 5. The van der Waals surface area contributed by atoms with Crippen LogP contribution in [0.2, 0.25) is 0 Å². The lowest BCUT2D eigenvalue weighted by atomic mass is 9.99. The van der Waals surface area contributed by atoms with Gasteiger partial charge < -0.3 is 5.11 Å². The molecule has 0 spiro atoms. The quantitative estimate of drug-likeness (QED) is 0.547. The Labute approximate surface area is 135 Å². The van der Waals surface area contributed by atoms with Crippen molar-refractivity contribution < 1.29 is 5.11 Å². The molecule has 0 aliphatic carbocycles. The van der Waals surface area contributed by atoms with Crippen molar-refractivity contribution in [3.05, 3.63) is 102 Å². The van der Waals surface area contributed by atoms with Crippen molar-refractivity contribution in [2.45, 2.75) is 6.10 Å². The zero-order valence-electron chi connectivity index (χ0n) is 12.6. The van der Waals surface area contributed by atoms with Gasteiger partial charge in [0.25, 0.3) is 0 Å². The third-order valence-electron chi connectivity index (χ3n) is 3.52. The highest BCUT2D eigenvalue weighted by molar-refractivity contribution is 6.04. The SMILES string of the molecule is OC(C(=NNc1ccccc1)c1ccccc1)c1ccccc1. The average molecular weight is 302 g/mol. The number of nitrogens with zero attached hydrogens (tertiary/aromatic N) is 1. The minimum absolute atomic E-state index is 0.584. The largest absolute Gasteiger partial charge is 0.382 e. The number of hydrazone groups is 1. The number of nitrogens with one attached hydrogen (secondary N) is 1. The summed E-state index contributed by atoms with van der Waals surface area (Å²) in [4.78, 5) is 0. The molecular weight excluding hydrogens is 284 g/mol. The molecule has 2 N–H and O–H groups in total. The molecule has 0 aliphatic heterocycles. The van der Waals surface area contributed by atoms with Crippen LogP contribution in [-0.4, -0.2) is 10.8 Å². The van der Waals surface area contributed by atoms with Gasteiger partial charge in [0.05, 0.1) is 5.69 Å². The van der Waals surface area contributed by atoms with E-state index in [4.69, 9.17) is 0 Å². The first-order valence-corrected chi connectivity index (χ1v) is 7.51. The van der Waals surface area contributed by atoms with Crippen LogP contribution in [0.1, 0.15) is 17.2 Å². The van der Waals surface area contributed by atoms with E-state index in [1.807, 2.05) is 91.0 Å². The topological polar surface area (TPSA) is 44.6 Å². The van der Waals surface area contributed by atoms with E-state index in [0.717, 1.165) is 16.8 Å². The fraction of sp³-hybridized carbons (Fsp3) is 0.0500. The predicted molar refractivity (Wildman–Crippen MR) is 94.4 cm³/mol. The molecule has 0 bridgehead atoms.